The minimum atomic E-state index is -0.492. The fourth-order valence-corrected chi connectivity index (χ4v) is 2.57. The second kappa shape index (κ2) is 7.06. The number of esters is 1. The molecular formula is C16H15Cl2NO4. The van der Waals surface area contributed by atoms with Gasteiger partial charge in [0, 0.05) is 16.8 Å². The molecule has 1 aromatic carbocycles. The number of nitrogens with one attached hydrogen (secondary N) is 1. The number of aromatic nitrogens is 1. The Labute approximate surface area is 143 Å². The van der Waals surface area contributed by atoms with Crippen LogP contribution in [0.5, 0.6) is 5.75 Å². The van der Waals surface area contributed by atoms with Crippen LogP contribution in [0.4, 0.5) is 0 Å². The fourth-order valence-electron chi connectivity index (χ4n) is 2.24. The maximum atomic E-state index is 12.3. The van der Waals surface area contributed by atoms with E-state index in [9.17, 15) is 9.59 Å². The number of Topliss-reactive ketones (excluding diaryl/α,β-unsaturated/α-hetero) is 1. The molecule has 23 heavy (non-hydrogen) atoms. The molecule has 2 rings (SSSR count). The highest BCUT2D eigenvalue weighted by Crippen LogP contribution is 2.28. The van der Waals surface area contributed by atoms with Gasteiger partial charge >= 0.3 is 5.97 Å². The van der Waals surface area contributed by atoms with Crippen molar-refractivity contribution >= 4 is 35.0 Å². The van der Waals surface area contributed by atoms with Gasteiger partial charge in [-0.1, -0.05) is 23.2 Å². The number of H-pyrrole nitrogens is 1. The molecule has 7 heteroatoms. The summed E-state index contributed by atoms with van der Waals surface area (Å²) in [6.45, 7) is 3.14. The van der Waals surface area contributed by atoms with E-state index >= 15 is 0 Å². The van der Waals surface area contributed by atoms with E-state index in [-0.39, 0.29) is 12.4 Å². The first kappa shape index (κ1) is 17.4. The maximum Gasteiger partial charge on any atom is 0.339 e. The summed E-state index contributed by atoms with van der Waals surface area (Å²) in [4.78, 5) is 27.0. The Morgan fingerprint density at radius 1 is 1.22 bits per heavy atom. The minimum absolute atomic E-state index is 0.235. The van der Waals surface area contributed by atoms with Crippen molar-refractivity contribution in [3.8, 4) is 5.75 Å². The third-order valence-corrected chi connectivity index (χ3v) is 3.91. The van der Waals surface area contributed by atoms with Crippen LogP contribution < -0.4 is 4.74 Å². The topological polar surface area (TPSA) is 68.4 Å². The van der Waals surface area contributed by atoms with E-state index in [1.807, 2.05) is 0 Å². The Bertz CT molecular complexity index is 768. The van der Waals surface area contributed by atoms with Crippen LogP contribution in [-0.4, -0.2) is 30.5 Å². The van der Waals surface area contributed by atoms with Gasteiger partial charge in [0.05, 0.1) is 23.4 Å². The van der Waals surface area contributed by atoms with Crippen LogP contribution in [0, 0.1) is 13.8 Å². The van der Waals surface area contributed by atoms with Crippen molar-refractivity contribution in [3.63, 3.8) is 0 Å². The Morgan fingerprint density at radius 2 is 1.91 bits per heavy atom. The third kappa shape index (κ3) is 3.68. The normalized spacial score (nSPS) is 10.5. The van der Waals surface area contributed by atoms with Gasteiger partial charge in [-0.3, -0.25) is 4.79 Å². The van der Waals surface area contributed by atoms with Crippen LogP contribution in [-0.2, 0) is 4.74 Å². The Hall–Kier alpha value is -1.98. The molecule has 122 valence electrons. The molecule has 0 atom stereocenters. The zero-order valence-corrected chi connectivity index (χ0v) is 14.3. The monoisotopic (exact) mass is 355 g/mol. The van der Waals surface area contributed by atoms with Crippen LogP contribution in [0.1, 0.15) is 32.1 Å². The van der Waals surface area contributed by atoms with Crippen LogP contribution >= 0.6 is 23.2 Å². The van der Waals surface area contributed by atoms with E-state index in [1.165, 1.54) is 13.2 Å². The number of ether oxygens (including phenoxy) is 2. The molecule has 1 heterocycles. The first-order valence-corrected chi connectivity index (χ1v) is 7.49. The second-order valence-corrected chi connectivity index (χ2v) is 5.75. The Balaban J connectivity index is 2.19. The quantitative estimate of drug-likeness (QED) is 0.650. The van der Waals surface area contributed by atoms with E-state index in [0.29, 0.717) is 38.3 Å². The number of carbonyl (C=O) groups is 2. The van der Waals surface area contributed by atoms with Crippen molar-refractivity contribution < 1.29 is 19.1 Å². The summed E-state index contributed by atoms with van der Waals surface area (Å²) in [5, 5.41) is 0.813. The predicted molar refractivity (Wildman–Crippen MR) is 87.9 cm³/mol. The van der Waals surface area contributed by atoms with Gasteiger partial charge in [0.1, 0.15) is 5.75 Å². The Kier molecular flexibility index (Phi) is 5.34. The molecule has 0 saturated heterocycles. The zero-order chi connectivity index (χ0) is 17.1. The van der Waals surface area contributed by atoms with Gasteiger partial charge in [-0.2, -0.15) is 0 Å². The predicted octanol–water partition coefficient (Wildman–Crippen LogP) is 3.99. The number of aryl methyl sites for hydroxylation is 1. The van der Waals surface area contributed by atoms with Gasteiger partial charge in [0.25, 0.3) is 0 Å². The van der Waals surface area contributed by atoms with E-state index in [0.717, 1.165) is 0 Å². The van der Waals surface area contributed by atoms with Crippen molar-refractivity contribution in [1.29, 1.82) is 0 Å². The number of aromatic amines is 1. The first-order chi connectivity index (χ1) is 10.8. The van der Waals surface area contributed by atoms with E-state index in [1.54, 1.807) is 26.0 Å². The standard InChI is InChI=1S/C16H15Cl2NO4/c1-8-14(16(21)22-3)9(2)19-15(8)12(20)7-23-13-6-10(17)4-5-11(13)18/h4-6,19H,7H2,1-3H3. The summed E-state index contributed by atoms with van der Waals surface area (Å²) in [5.74, 6) is -0.479. The van der Waals surface area contributed by atoms with Crippen molar-refractivity contribution in [2.45, 2.75) is 13.8 Å². The smallest absolute Gasteiger partial charge is 0.339 e. The van der Waals surface area contributed by atoms with Crippen molar-refractivity contribution in [3.05, 3.63) is 50.8 Å². The minimum Gasteiger partial charge on any atom is -0.484 e. The number of ketones is 1. The highest BCUT2D eigenvalue weighted by molar-refractivity contribution is 6.34. The molecule has 1 aromatic heterocycles. The summed E-state index contributed by atoms with van der Waals surface area (Å²) in [5.41, 5.74) is 1.76. The molecule has 0 aliphatic heterocycles. The highest BCUT2D eigenvalue weighted by Gasteiger charge is 2.22. The van der Waals surface area contributed by atoms with Gasteiger partial charge in [0.2, 0.25) is 5.78 Å². The number of hydrogen-bond donors (Lipinski definition) is 1. The lowest BCUT2D eigenvalue weighted by Gasteiger charge is -2.07. The van der Waals surface area contributed by atoms with Crippen LogP contribution in [0.25, 0.3) is 0 Å². The molecule has 0 fully saturated rings. The van der Waals surface area contributed by atoms with Crippen LogP contribution in [0.3, 0.4) is 0 Å². The van der Waals surface area contributed by atoms with Crippen molar-refractivity contribution in [2.24, 2.45) is 0 Å². The van der Waals surface area contributed by atoms with Crippen molar-refractivity contribution in [2.75, 3.05) is 13.7 Å². The molecule has 0 unspecified atom stereocenters. The molecule has 2 aromatic rings. The molecular weight excluding hydrogens is 341 g/mol. The van der Waals surface area contributed by atoms with Gasteiger partial charge in [-0.15, -0.1) is 0 Å². The number of rotatable bonds is 5. The molecule has 0 aliphatic rings. The fraction of sp³-hybridized carbons (Fsp3) is 0.250. The average molecular weight is 356 g/mol. The average Bonchev–Trinajstić information content (AvgIpc) is 2.82. The molecule has 0 spiro atoms. The molecule has 1 N–H and O–H groups in total. The lowest BCUT2D eigenvalue weighted by molar-refractivity contribution is 0.0599. The first-order valence-electron chi connectivity index (χ1n) is 6.73. The number of hydrogen-bond acceptors (Lipinski definition) is 4. The summed E-state index contributed by atoms with van der Waals surface area (Å²) in [7, 11) is 1.29. The molecule has 0 saturated carbocycles. The van der Waals surface area contributed by atoms with E-state index in [4.69, 9.17) is 32.7 Å². The molecule has 5 nitrogen and oxygen atoms in total. The van der Waals surface area contributed by atoms with Crippen molar-refractivity contribution in [1.82, 2.24) is 4.98 Å². The number of halogens is 2. The molecule has 0 aliphatic carbocycles. The number of carbonyl (C=O) groups excluding carboxylic acids is 2. The Morgan fingerprint density at radius 3 is 2.57 bits per heavy atom. The SMILES string of the molecule is COC(=O)c1c(C)[nH]c(C(=O)COc2cc(Cl)ccc2Cl)c1C. The summed E-state index contributed by atoms with van der Waals surface area (Å²) >= 11 is 11.9. The lowest BCUT2D eigenvalue weighted by Crippen LogP contribution is -2.13. The van der Waals surface area contributed by atoms with Crippen LogP contribution in [0.15, 0.2) is 18.2 Å². The second-order valence-electron chi connectivity index (χ2n) is 4.90. The van der Waals surface area contributed by atoms with Crippen LogP contribution in [0.2, 0.25) is 10.0 Å². The largest absolute Gasteiger partial charge is 0.484 e. The maximum absolute atomic E-state index is 12.3. The summed E-state index contributed by atoms with van der Waals surface area (Å²) in [6, 6.07) is 4.74. The van der Waals surface area contributed by atoms with E-state index in [2.05, 4.69) is 4.98 Å². The molecule has 0 bridgehead atoms. The van der Waals surface area contributed by atoms with Gasteiger partial charge in [0.15, 0.2) is 6.61 Å². The summed E-state index contributed by atoms with van der Waals surface area (Å²) < 4.78 is 10.1. The number of benzene rings is 1. The molecule has 0 radical (unpaired) electrons. The zero-order valence-electron chi connectivity index (χ0n) is 12.8. The molecule has 0 amide bonds. The highest BCUT2D eigenvalue weighted by atomic mass is 35.5. The summed E-state index contributed by atoms with van der Waals surface area (Å²) in [6.07, 6.45) is 0. The van der Waals surface area contributed by atoms with Gasteiger partial charge in [-0.05, 0) is 31.5 Å². The third-order valence-electron chi connectivity index (χ3n) is 3.36. The number of methoxy groups -OCH3 is 1. The lowest BCUT2D eigenvalue weighted by atomic mass is 10.1. The van der Waals surface area contributed by atoms with Gasteiger partial charge < -0.3 is 14.5 Å². The van der Waals surface area contributed by atoms with Gasteiger partial charge in [-0.25, -0.2) is 4.79 Å². The van der Waals surface area contributed by atoms with E-state index < -0.39 is 5.97 Å².